The second-order valence-corrected chi connectivity index (χ2v) is 23.8. The van der Waals surface area contributed by atoms with E-state index < -0.39 is 62.5 Å². The van der Waals surface area contributed by atoms with Gasteiger partial charge in [-0.25, -0.2) is 9.59 Å². The smallest absolute Gasteiger partial charge is 0.464 e. The molecule has 0 aliphatic rings. The lowest BCUT2D eigenvalue weighted by molar-refractivity contribution is -0.172. The first-order chi connectivity index (χ1) is 27.6. The molecule has 0 heterocycles. The zero-order valence-corrected chi connectivity index (χ0v) is 42.6. The monoisotopic (exact) mass is 888 g/mol. The van der Waals surface area contributed by atoms with E-state index in [4.69, 9.17) is 28.4 Å². The van der Waals surface area contributed by atoms with E-state index in [9.17, 15) is 19.2 Å². The van der Waals surface area contributed by atoms with Gasteiger partial charge in [0.05, 0.1) is 0 Å². The van der Waals surface area contributed by atoms with Gasteiger partial charge in [-0.3, -0.25) is 9.59 Å². The highest BCUT2D eigenvalue weighted by atomic mass is 32.2. The van der Waals surface area contributed by atoms with Gasteiger partial charge in [0.15, 0.2) is 5.41 Å². The van der Waals surface area contributed by atoms with Gasteiger partial charge in [-0.05, 0) is 99.7 Å². The lowest BCUT2D eigenvalue weighted by Gasteiger charge is -2.34. The molecule has 0 atom stereocenters. The number of carbonyl (C=O) groups excluding carboxylic acids is 4. The van der Waals surface area contributed by atoms with Gasteiger partial charge in [0.1, 0.15) is 35.9 Å². The van der Waals surface area contributed by atoms with E-state index >= 15 is 0 Å². The topological polar surface area (TPSA) is 124 Å². The number of benzene rings is 2. The Hall–Kier alpha value is -3.38. The van der Waals surface area contributed by atoms with Crippen molar-refractivity contribution in [1.82, 2.24) is 0 Å². The van der Waals surface area contributed by atoms with Crippen molar-refractivity contribution in [1.29, 1.82) is 0 Å². The number of carbonyl (C=O) groups is 4. The molecule has 0 bridgehead atoms. The van der Waals surface area contributed by atoms with Crippen molar-refractivity contribution in [3.63, 3.8) is 0 Å². The van der Waals surface area contributed by atoms with Crippen LogP contribution in [0.3, 0.4) is 0 Å². The second kappa shape index (κ2) is 20.4. The van der Waals surface area contributed by atoms with Crippen LogP contribution >= 0.6 is 23.5 Å². The molecular formula is C49H76O10S2. The number of rotatable bonds is 14. The van der Waals surface area contributed by atoms with Crippen LogP contribution in [0, 0.1) is 5.41 Å². The Kier molecular flexibility index (Phi) is 18.0. The molecule has 0 aliphatic heterocycles. The third-order valence-electron chi connectivity index (χ3n) is 9.51. The lowest BCUT2D eigenvalue weighted by Crippen LogP contribution is -2.46. The van der Waals surface area contributed by atoms with Crippen LogP contribution in [0.1, 0.15) is 158 Å². The maximum atomic E-state index is 14.9. The predicted octanol–water partition coefficient (Wildman–Crippen LogP) is 12.1. The highest BCUT2D eigenvalue weighted by Crippen LogP contribution is 2.46. The van der Waals surface area contributed by atoms with E-state index in [0.29, 0.717) is 56.4 Å². The summed E-state index contributed by atoms with van der Waals surface area (Å²) in [6, 6.07) is 7.64. The number of thioether (sulfide) groups is 2. The summed E-state index contributed by atoms with van der Waals surface area (Å²) < 4.78 is 35.4. The summed E-state index contributed by atoms with van der Waals surface area (Å²) in [5.41, 5.74) is -1.52. The molecular weight excluding hydrogens is 813 g/mol. The van der Waals surface area contributed by atoms with Gasteiger partial charge in [-0.1, -0.05) is 107 Å². The van der Waals surface area contributed by atoms with E-state index in [1.54, 1.807) is 41.5 Å². The lowest BCUT2D eigenvalue weighted by atomic mass is 9.71. The largest absolute Gasteiger partial charge is 0.514 e. The molecule has 0 unspecified atom stereocenters. The SMILES string of the molecule is CSCCOC(=O)C(Cc1cc(C(C)(C)C)c(OC(=O)OC(C)(C)C)c(C(C)(C)C)c1)(Cc1cc(C(C)(C)C)c(OC(=O)OC(C)(C)C)c(C(C)(C)C)c1)C(=O)OCCSC. The Balaban J connectivity index is 3.16. The minimum absolute atomic E-state index is 0.0893. The Morgan fingerprint density at radius 2 is 0.721 bits per heavy atom. The predicted molar refractivity (Wildman–Crippen MR) is 250 cm³/mol. The molecule has 2 aromatic rings. The molecule has 12 heteroatoms. The average molecular weight is 889 g/mol. The van der Waals surface area contributed by atoms with Crippen molar-refractivity contribution in [3.05, 3.63) is 57.6 Å². The van der Waals surface area contributed by atoms with Crippen LogP contribution in [0.4, 0.5) is 9.59 Å². The molecule has 344 valence electrons. The molecule has 0 aromatic heterocycles. The van der Waals surface area contributed by atoms with Gasteiger partial charge < -0.3 is 28.4 Å². The molecule has 0 saturated heterocycles. The van der Waals surface area contributed by atoms with E-state index in [-0.39, 0.29) is 26.1 Å². The van der Waals surface area contributed by atoms with Crippen molar-refractivity contribution in [3.8, 4) is 11.5 Å². The van der Waals surface area contributed by atoms with Crippen LogP contribution in [0.2, 0.25) is 0 Å². The minimum atomic E-state index is -1.87. The molecule has 10 nitrogen and oxygen atoms in total. The summed E-state index contributed by atoms with van der Waals surface area (Å²) >= 11 is 3.05. The molecule has 2 aromatic carbocycles. The third-order valence-corrected chi connectivity index (χ3v) is 10.7. The minimum Gasteiger partial charge on any atom is -0.464 e. The van der Waals surface area contributed by atoms with E-state index in [1.807, 2.05) is 120 Å². The summed E-state index contributed by atoms with van der Waals surface area (Å²) in [5.74, 6) is 0.395. The summed E-state index contributed by atoms with van der Waals surface area (Å²) in [4.78, 5) is 56.4. The Labute approximate surface area is 376 Å². The van der Waals surface area contributed by atoms with E-state index in [1.165, 1.54) is 23.5 Å². The third kappa shape index (κ3) is 16.0. The second-order valence-electron chi connectivity index (χ2n) is 21.9. The van der Waals surface area contributed by atoms with Crippen LogP contribution in [0.15, 0.2) is 24.3 Å². The highest BCUT2D eigenvalue weighted by molar-refractivity contribution is 7.98. The molecule has 0 amide bonds. The maximum Gasteiger partial charge on any atom is 0.514 e. The number of hydrogen-bond acceptors (Lipinski definition) is 12. The number of ether oxygens (including phenoxy) is 6. The van der Waals surface area contributed by atoms with Crippen molar-refractivity contribution in [2.75, 3.05) is 37.2 Å². The van der Waals surface area contributed by atoms with Gasteiger partial charge in [0.25, 0.3) is 0 Å². The molecule has 61 heavy (non-hydrogen) atoms. The standard InChI is InChI=1S/C49H76O10S2/c1-43(2,3)33-25-31(26-34(44(4,5)6)37(33)56-41(52)58-47(13,14)15)29-49(39(50)54-21-23-60-19,40(51)55-22-24-61-20)30-32-27-35(45(7,8)9)38(36(28-32)46(10,11)12)57-42(53)59-48(16,17)18/h25-28H,21-24,29-30H2,1-20H3. The molecule has 2 rings (SSSR count). The average Bonchev–Trinajstić information content (AvgIpc) is 3.05. The molecule has 0 saturated carbocycles. The molecule has 0 N–H and O–H groups in total. The Morgan fingerprint density at radius 3 is 0.934 bits per heavy atom. The Bertz CT molecular complexity index is 1650. The van der Waals surface area contributed by atoms with Crippen LogP contribution < -0.4 is 9.47 Å². The summed E-state index contributed by atoms with van der Waals surface area (Å²) in [5, 5.41) is 0. The summed E-state index contributed by atoms with van der Waals surface area (Å²) in [7, 11) is 0. The Morgan fingerprint density at radius 1 is 0.459 bits per heavy atom. The highest BCUT2D eigenvalue weighted by Gasteiger charge is 2.50. The maximum absolute atomic E-state index is 14.9. The van der Waals surface area contributed by atoms with Gasteiger partial charge in [-0.2, -0.15) is 23.5 Å². The van der Waals surface area contributed by atoms with Crippen LogP contribution in [0.5, 0.6) is 11.5 Å². The molecule has 0 radical (unpaired) electrons. The summed E-state index contributed by atoms with van der Waals surface area (Å²) in [6.45, 7) is 35.1. The van der Waals surface area contributed by atoms with Gasteiger partial charge in [0.2, 0.25) is 0 Å². The van der Waals surface area contributed by atoms with Gasteiger partial charge >= 0.3 is 24.2 Å². The van der Waals surface area contributed by atoms with Gasteiger partial charge in [-0.15, -0.1) is 0 Å². The normalized spacial score (nSPS) is 13.0. The van der Waals surface area contributed by atoms with Crippen molar-refractivity contribution >= 4 is 47.8 Å². The first-order valence-electron chi connectivity index (χ1n) is 21.1. The quantitative estimate of drug-likeness (QED) is 0.0589. The fourth-order valence-electron chi connectivity index (χ4n) is 6.58. The van der Waals surface area contributed by atoms with Crippen molar-refractivity contribution in [2.45, 2.75) is 170 Å². The fraction of sp³-hybridized carbons (Fsp3) is 0.673. The zero-order valence-electron chi connectivity index (χ0n) is 41.0. The molecule has 0 spiro atoms. The first-order valence-corrected chi connectivity index (χ1v) is 23.8. The van der Waals surface area contributed by atoms with Crippen LogP contribution in [0.25, 0.3) is 0 Å². The van der Waals surface area contributed by atoms with Gasteiger partial charge in [0, 0.05) is 33.8 Å². The zero-order chi connectivity index (χ0) is 47.2. The van der Waals surface area contributed by atoms with E-state index in [0.717, 1.165) is 0 Å². The molecule has 0 aliphatic carbocycles. The van der Waals surface area contributed by atoms with E-state index in [2.05, 4.69) is 0 Å². The fourth-order valence-corrected chi connectivity index (χ4v) is 7.08. The summed E-state index contributed by atoms with van der Waals surface area (Å²) in [6.07, 6.45) is 2.00. The van der Waals surface area contributed by atoms with Crippen LogP contribution in [-0.4, -0.2) is 72.7 Å². The molecule has 0 fully saturated rings. The first kappa shape index (κ1) is 53.8. The number of hydrogen-bond donors (Lipinski definition) is 0. The number of esters is 2. The van der Waals surface area contributed by atoms with Crippen molar-refractivity contribution < 1.29 is 47.6 Å². The van der Waals surface area contributed by atoms with Crippen molar-refractivity contribution in [2.24, 2.45) is 5.41 Å². The van der Waals surface area contributed by atoms with Crippen LogP contribution in [-0.2, 0) is 63.0 Å².